The van der Waals surface area contributed by atoms with Crippen LogP contribution in [-0.4, -0.2) is 30.0 Å². The van der Waals surface area contributed by atoms with Gasteiger partial charge in [-0.25, -0.2) is 4.79 Å². The van der Waals surface area contributed by atoms with E-state index >= 15 is 0 Å². The second kappa shape index (κ2) is 8.01. The van der Waals surface area contributed by atoms with Crippen LogP contribution in [-0.2, 0) is 4.79 Å². The Hall–Kier alpha value is -1.40. The minimum atomic E-state index is -0.709. The fraction of sp³-hybridized carbons (Fsp3) is 0.385. The van der Waals surface area contributed by atoms with Crippen LogP contribution < -0.4 is 16.4 Å². The summed E-state index contributed by atoms with van der Waals surface area (Å²) < 4.78 is 0. The van der Waals surface area contributed by atoms with Crippen LogP contribution >= 0.6 is 23.4 Å². The van der Waals surface area contributed by atoms with Crippen molar-refractivity contribution < 1.29 is 9.59 Å². The topological polar surface area (TPSA) is 84.2 Å². The third-order valence-electron chi connectivity index (χ3n) is 2.69. The zero-order valence-electron chi connectivity index (χ0n) is 11.4. The lowest BCUT2D eigenvalue weighted by atomic mass is 10.1. The zero-order chi connectivity index (χ0) is 15.1. The third kappa shape index (κ3) is 5.30. The van der Waals surface area contributed by atoms with Crippen molar-refractivity contribution in [2.24, 2.45) is 5.73 Å². The van der Waals surface area contributed by atoms with Gasteiger partial charge in [0.05, 0.1) is 0 Å². The molecule has 0 unspecified atom stereocenters. The highest BCUT2D eigenvalue weighted by Crippen LogP contribution is 2.20. The minimum Gasteiger partial charge on any atom is -0.352 e. The number of carbonyl (C=O) groups is 2. The Bertz CT molecular complexity index is 497. The van der Waals surface area contributed by atoms with Gasteiger partial charge in [-0.3, -0.25) is 4.79 Å². The summed E-state index contributed by atoms with van der Waals surface area (Å²) in [5.74, 6) is 0.459. The van der Waals surface area contributed by atoms with E-state index in [1.807, 2.05) is 13.2 Å². The molecule has 4 N–H and O–H groups in total. The maximum absolute atomic E-state index is 12.2. The molecule has 20 heavy (non-hydrogen) atoms. The number of primary amides is 1. The van der Waals surface area contributed by atoms with Gasteiger partial charge in [0.25, 0.3) is 0 Å². The standard InChI is InChI=1S/C13H18ClN3O2S/c1-8-7-9(14)3-4-10(8)16-12(18)11(5-6-20-2)17-13(15)19/h3-4,7,11H,5-6H2,1-2H3,(H,16,18)(H3,15,17,19)/t11-/m0/s1. The number of nitrogens with one attached hydrogen (secondary N) is 2. The lowest BCUT2D eigenvalue weighted by molar-refractivity contribution is -0.117. The van der Waals surface area contributed by atoms with Crippen LogP contribution in [0.15, 0.2) is 18.2 Å². The van der Waals surface area contributed by atoms with Crippen molar-refractivity contribution in [3.8, 4) is 0 Å². The zero-order valence-corrected chi connectivity index (χ0v) is 13.0. The highest BCUT2D eigenvalue weighted by Gasteiger charge is 2.19. The first kappa shape index (κ1) is 16.7. The molecular formula is C13H18ClN3O2S. The first-order valence-corrected chi connectivity index (χ1v) is 7.83. The lowest BCUT2D eigenvalue weighted by Gasteiger charge is -2.17. The van der Waals surface area contributed by atoms with Crippen molar-refractivity contribution in [3.05, 3.63) is 28.8 Å². The van der Waals surface area contributed by atoms with Crippen LogP contribution in [0.3, 0.4) is 0 Å². The van der Waals surface area contributed by atoms with Crippen molar-refractivity contribution in [3.63, 3.8) is 0 Å². The second-order valence-electron chi connectivity index (χ2n) is 4.29. The number of nitrogens with two attached hydrogens (primary N) is 1. The number of aryl methyl sites for hydroxylation is 1. The molecule has 0 heterocycles. The molecule has 7 heteroatoms. The molecule has 1 rings (SSSR count). The molecule has 0 aliphatic carbocycles. The molecule has 1 aromatic rings. The van der Waals surface area contributed by atoms with E-state index < -0.39 is 12.1 Å². The fourth-order valence-electron chi connectivity index (χ4n) is 1.66. The Morgan fingerprint density at radius 1 is 1.45 bits per heavy atom. The number of hydrogen-bond donors (Lipinski definition) is 3. The molecule has 0 spiro atoms. The SMILES string of the molecule is CSCC[C@H](NC(N)=O)C(=O)Nc1ccc(Cl)cc1C. The monoisotopic (exact) mass is 315 g/mol. The Balaban J connectivity index is 2.76. The molecule has 1 aromatic carbocycles. The van der Waals surface area contributed by atoms with Crippen molar-refractivity contribution in [2.75, 3.05) is 17.3 Å². The summed E-state index contributed by atoms with van der Waals surface area (Å²) in [4.78, 5) is 23.1. The second-order valence-corrected chi connectivity index (χ2v) is 5.71. The van der Waals surface area contributed by atoms with Crippen LogP contribution in [0.4, 0.5) is 10.5 Å². The van der Waals surface area contributed by atoms with Crippen LogP contribution in [0.2, 0.25) is 5.02 Å². The number of carbonyl (C=O) groups excluding carboxylic acids is 2. The van der Waals surface area contributed by atoms with E-state index in [0.29, 0.717) is 17.1 Å². The molecular weight excluding hydrogens is 298 g/mol. The van der Waals surface area contributed by atoms with Gasteiger partial charge in [0.1, 0.15) is 6.04 Å². The van der Waals surface area contributed by atoms with Crippen molar-refractivity contribution in [1.82, 2.24) is 5.32 Å². The first-order chi connectivity index (χ1) is 9.43. The summed E-state index contributed by atoms with van der Waals surface area (Å²) in [6, 6.07) is 3.83. The van der Waals surface area contributed by atoms with Gasteiger partial charge in [-0.15, -0.1) is 0 Å². The molecule has 0 aromatic heterocycles. The normalized spacial score (nSPS) is 11.8. The average Bonchev–Trinajstić information content (AvgIpc) is 2.37. The Morgan fingerprint density at radius 2 is 2.15 bits per heavy atom. The number of hydrogen-bond acceptors (Lipinski definition) is 3. The maximum atomic E-state index is 12.2. The highest BCUT2D eigenvalue weighted by atomic mass is 35.5. The molecule has 0 saturated heterocycles. The van der Waals surface area contributed by atoms with Gasteiger partial charge in [-0.1, -0.05) is 11.6 Å². The summed E-state index contributed by atoms with van der Waals surface area (Å²) in [5.41, 5.74) is 6.61. The third-order valence-corrected chi connectivity index (χ3v) is 3.57. The summed E-state index contributed by atoms with van der Waals surface area (Å²) in [5, 5.41) is 5.83. The predicted molar refractivity (Wildman–Crippen MR) is 84.3 cm³/mol. The van der Waals surface area contributed by atoms with E-state index in [0.717, 1.165) is 11.3 Å². The summed E-state index contributed by atoms with van der Waals surface area (Å²) in [6.45, 7) is 1.85. The van der Waals surface area contributed by atoms with E-state index in [9.17, 15) is 9.59 Å². The molecule has 0 bridgehead atoms. The molecule has 0 radical (unpaired) electrons. The molecule has 0 aliphatic heterocycles. The predicted octanol–water partition coefficient (Wildman–Crippen LogP) is 2.38. The minimum absolute atomic E-state index is 0.289. The Labute approximate surface area is 127 Å². The van der Waals surface area contributed by atoms with Gasteiger partial charge in [0.15, 0.2) is 0 Å². The van der Waals surface area contributed by atoms with Crippen LogP contribution in [0.5, 0.6) is 0 Å². The van der Waals surface area contributed by atoms with E-state index in [1.165, 1.54) is 0 Å². The van der Waals surface area contributed by atoms with Crippen LogP contribution in [0.25, 0.3) is 0 Å². The molecule has 0 fully saturated rings. The summed E-state index contributed by atoms with van der Waals surface area (Å²) in [6.07, 6.45) is 2.45. The van der Waals surface area contributed by atoms with E-state index in [-0.39, 0.29) is 5.91 Å². The number of urea groups is 1. The van der Waals surface area contributed by atoms with Crippen molar-refractivity contribution in [2.45, 2.75) is 19.4 Å². The number of amides is 3. The van der Waals surface area contributed by atoms with E-state index in [4.69, 9.17) is 17.3 Å². The molecule has 5 nitrogen and oxygen atoms in total. The number of benzene rings is 1. The van der Waals surface area contributed by atoms with Crippen molar-refractivity contribution >= 4 is 41.0 Å². The molecule has 0 aliphatic rings. The van der Waals surface area contributed by atoms with Crippen molar-refractivity contribution in [1.29, 1.82) is 0 Å². The molecule has 1 atom stereocenters. The van der Waals surface area contributed by atoms with Gasteiger partial charge in [0, 0.05) is 10.7 Å². The molecule has 0 saturated carbocycles. The maximum Gasteiger partial charge on any atom is 0.312 e. The van der Waals surface area contributed by atoms with E-state index in [2.05, 4.69) is 10.6 Å². The molecule has 110 valence electrons. The number of rotatable bonds is 6. The number of thioether (sulfide) groups is 1. The smallest absolute Gasteiger partial charge is 0.312 e. The van der Waals surface area contributed by atoms with Gasteiger partial charge in [0.2, 0.25) is 5.91 Å². The van der Waals surface area contributed by atoms with Gasteiger partial charge in [-0.2, -0.15) is 11.8 Å². The number of anilines is 1. The van der Waals surface area contributed by atoms with Crippen LogP contribution in [0, 0.1) is 6.92 Å². The summed E-state index contributed by atoms with van der Waals surface area (Å²) in [7, 11) is 0. The Morgan fingerprint density at radius 3 is 2.70 bits per heavy atom. The quantitative estimate of drug-likeness (QED) is 0.753. The average molecular weight is 316 g/mol. The van der Waals surface area contributed by atoms with Crippen LogP contribution in [0.1, 0.15) is 12.0 Å². The highest BCUT2D eigenvalue weighted by molar-refractivity contribution is 7.98. The molecule has 3 amide bonds. The fourth-order valence-corrected chi connectivity index (χ4v) is 2.36. The first-order valence-electron chi connectivity index (χ1n) is 6.06. The lowest BCUT2D eigenvalue weighted by Crippen LogP contribution is -2.46. The van der Waals surface area contributed by atoms with Gasteiger partial charge in [-0.05, 0) is 49.1 Å². The van der Waals surface area contributed by atoms with E-state index in [1.54, 1.807) is 30.0 Å². The Kier molecular flexibility index (Phi) is 6.67. The summed E-state index contributed by atoms with van der Waals surface area (Å²) >= 11 is 7.46. The largest absolute Gasteiger partial charge is 0.352 e. The number of halogens is 1. The van der Waals surface area contributed by atoms with Gasteiger partial charge < -0.3 is 16.4 Å². The van der Waals surface area contributed by atoms with Gasteiger partial charge >= 0.3 is 6.03 Å².